The molecule has 3 aliphatic carbocycles. The van der Waals surface area contributed by atoms with Crippen LogP contribution in [0.4, 0.5) is 0 Å². The standard InChI is InChI=1S/C48H78O17/c1-22-29-16-31(50)45(52)47(29,7)36-21-35-46(6)13-12-28(15-27(46)11-14-48(35,64-22)65-36)60-38-19-33(54-9)43(25(4)58-38)62-37-17-30(49)42(24(3)57-37)61-40-20-34(55-10)44(26(5)59-40)63-39-18-32(53-8)41(51)23(2)56-39/h22-44,49-51H,11-21H2,1-10H3/t22?,23-,24-,25-,26-,27?,28+,29-,30+,31-,32-,33-,34-,35-,36?,37+,38+,39+,40+,41-,42-,43-,44-,46+,47+,48+/m1/s1. The fraction of sp³-hybridized carbons (Fsp3) is 0.979. The summed E-state index contributed by atoms with van der Waals surface area (Å²) in [6, 6.07) is 0. The Balaban J connectivity index is 0.754. The first-order valence-electron chi connectivity index (χ1n) is 24.7. The van der Waals surface area contributed by atoms with Crippen molar-refractivity contribution < 1.29 is 81.7 Å². The summed E-state index contributed by atoms with van der Waals surface area (Å²) >= 11 is 0. The van der Waals surface area contributed by atoms with Crippen molar-refractivity contribution in [3.05, 3.63) is 0 Å². The highest BCUT2D eigenvalue weighted by molar-refractivity contribution is 5.91. The van der Waals surface area contributed by atoms with Crippen molar-refractivity contribution in [1.82, 2.24) is 0 Å². The van der Waals surface area contributed by atoms with Gasteiger partial charge in [-0.05, 0) is 91.4 Å². The van der Waals surface area contributed by atoms with Crippen molar-refractivity contribution >= 4 is 5.78 Å². The first-order valence-corrected chi connectivity index (χ1v) is 24.7. The molecule has 9 rings (SSSR count). The molecule has 17 heteroatoms. The molecule has 26 atom stereocenters. The van der Waals surface area contributed by atoms with Crippen molar-refractivity contribution in [2.45, 2.75) is 248 Å². The first kappa shape index (κ1) is 49.0. The largest absolute Gasteiger partial charge is 0.390 e. The minimum atomic E-state index is -0.952. The Morgan fingerprint density at radius 3 is 1.71 bits per heavy atom. The maximum atomic E-state index is 13.5. The first-order chi connectivity index (χ1) is 30.9. The third kappa shape index (κ3) is 8.83. The molecule has 0 aromatic rings. The van der Waals surface area contributed by atoms with Crippen LogP contribution in [0.1, 0.15) is 119 Å². The number of carbonyl (C=O) groups is 1. The third-order valence-electron chi connectivity index (χ3n) is 17.9. The summed E-state index contributed by atoms with van der Waals surface area (Å²) in [6.45, 7) is 14.0. The van der Waals surface area contributed by atoms with Crippen molar-refractivity contribution in [3.63, 3.8) is 0 Å². The molecular weight excluding hydrogens is 849 g/mol. The number of ketones is 1. The lowest BCUT2D eigenvalue weighted by Gasteiger charge is -2.57. The summed E-state index contributed by atoms with van der Waals surface area (Å²) in [5.74, 6) is -0.277. The van der Waals surface area contributed by atoms with Gasteiger partial charge in [-0.25, -0.2) is 0 Å². The number of ether oxygens (including phenoxy) is 13. The minimum absolute atomic E-state index is 0.0174. The van der Waals surface area contributed by atoms with E-state index in [1.165, 1.54) is 0 Å². The molecule has 9 fully saturated rings. The molecule has 6 saturated heterocycles. The molecule has 372 valence electrons. The molecule has 1 spiro atoms. The highest BCUT2D eigenvalue weighted by atomic mass is 16.8. The number of hydrogen-bond acceptors (Lipinski definition) is 17. The fourth-order valence-corrected chi connectivity index (χ4v) is 14.1. The topological polar surface area (TPSA) is 198 Å². The van der Waals surface area contributed by atoms with Gasteiger partial charge in [0.2, 0.25) is 0 Å². The van der Waals surface area contributed by atoms with Gasteiger partial charge in [-0.15, -0.1) is 0 Å². The number of aliphatic hydroxyl groups excluding tert-OH is 3. The summed E-state index contributed by atoms with van der Waals surface area (Å²) in [7, 11) is 4.86. The van der Waals surface area contributed by atoms with E-state index in [-0.39, 0.29) is 66.1 Å². The number of aliphatic hydroxyl groups is 3. The predicted molar refractivity (Wildman–Crippen MR) is 228 cm³/mol. The molecule has 0 radical (unpaired) electrons. The van der Waals surface area contributed by atoms with E-state index in [0.29, 0.717) is 31.6 Å². The molecule has 3 saturated carbocycles. The van der Waals surface area contributed by atoms with Crippen LogP contribution in [-0.2, 0) is 66.4 Å². The number of methoxy groups -OCH3 is 3. The molecule has 6 heterocycles. The van der Waals surface area contributed by atoms with Crippen molar-refractivity contribution in [2.24, 2.45) is 28.6 Å². The van der Waals surface area contributed by atoms with Gasteiger partial charge in [-0.1, -0.05) is 6.92 Å². The lowest BCUT2D eigenvalue weighted by molar-refractivity contribution is -0.346. The van der Waals surface area contributed by atoms with Gasteiger partial charge in [0.05, 0.1) is 72.6 Å². The number of Topliss-reactive ketones (excluding diaryl/α,β-unsaturated/α-hetero) is 1. The number of fused-ring (bicyclic) bond motifs is 5. The average molecular weight is 927 g/mol. The lowest BCUT2D eigenvalue weighted by Crippen LogP contribution is -2.58. The zero-order valence-electron chi connectivity index (χ0n) is 40.1. The van der Waals surface area contributed by atoms with E-state index < -0.39 is 97.4 Å². The number of hydrogen-bond donors (Lipinski definition) is 3. The van der Waals surface area contributed by atoms with E-state index >= 15 is 0 Å². The van der Waals surface area contributed by atoms with Crippen LogP contribution < -0.4 is 0 Å². The Labute approximate surface area is 384 Å². The second kappa shape index (κ2) is 19.0. The Hall–Kier alpha value is -0.970. The average Bonchev–Trinajstić information content (AvgIpc) is 3.75. The van der Waals surface area contributed by atoms with Crippen LogP contribution in [0.5, 0.6) is 0 Å². The van der Waals surface area contributed by atoms with Crippen molar-refractivity contribution in [3.8, 4) is 0 Å². The van der Waals surface area contributed by atoms with Crippen LogP contribution in [0.15, 0.2) is 0 Å². The van der Waals surface area contributed by atoms with E-state index in [0.717, 1.165) is 38.5 Å². The monoisotopic (exact) mass is 927 g/mol. The highest BCUT2D eigenvalue weighted by Crippen LogP contribution is 2.67. The molecule has 3 N–H and O–H groups in total. The van der Waals surface area contributed by atoms with Gasteiger partial charge in [0.15, 0.2) is 36.7 Å². The Kier molecular flexibility index (Phi) is 14.3. The van der Waals surface area contributed by atoms with Crippen LogP contribution in [-0.4, -0.2) is 171 Å². The van der Waals surface area contributed by atoms with Crippen molar-refractivity contribution in [1.29, 1.82) is 0 Å². The Bertz CT molecular complexity index is 1650. The SMILES string of the molecule is CO[C@@H]1C[C@H](O[C@@H]2[C@@H](C)O[C@@H](O[C@H]3[C@@H](O)C[C@H](O[C@@H]4[C@@H](C)O[C@@H](O[C@H]5CC[C@@]6(C)C(CC[C@@]78OC(C)[C@H]9C[C@@H](O)C(=O)[C@]9(C)C(C[C@@H]76)O8)C5)C[C@H]4OC)O[C@@H]3C)C[C@H]2OC)O[C@H](C)[C@H]1O. The molecule has 9 aliphatic rings. The second-order valence-corrected chi connectivity index (χ2v) is 21.5. The summed E-state index contributed by atoms with van der Waals surface area (Å²) in [6.07, 6.45) is -2.94. The third-order valence-corrected chi connectivity index (χ3v) is 17.9. The zero-order chi connectivity index (χ0) is 46.3. The fourth-order valence-electron chi connectivity index (χ4n) is 14.1. The quantitative estimate of drug-likeness (QED) is 0.252. The highest BCUT2D eigenvalue weighted by Gasteiger charge is 2.71. The smallest absolute Gasteiger partial charge is 0.172 e. The Morgan fingerprint density at radius 1 is 0.569 bits per heavy atom. The Morgan fingerprint density at radius 2 is 1.11 bits per heavy atom. The molecule has 0 amide bonds. The molecule has 2 bridgehead atoms. The predicted octanol–water partition coefficient (Wildman–Crippen LogP) is 3.91. The number of carbonyl (C=O) groups excluding carboxylic acids is 1. The molecule has 65 heavy (non-hydrogen) atoms. The van der Waals surface area contributed by atoms with Crippen LogP contribution >= 0.6 is 0 Å². The van der Waals surface area contributed by atoms with Crippen LogP contribution in [0.3, 0.4) is 0 Å². The molecule has 6 aliphatic heterocycles. The number of rotatable bonds is 11. The van der Waals surface area contributed by atoms with Crippen molar-refractivity contribution in [2.75, 3.05) is 21.3 Å². The molecule has 0 aromatic carbocycles. The summed E-state index contributed by atoms with van der Waals surface area (Å²) < 4.78 is 82.3. The minimum Gasteiger partial charge on any atom is -0.390 e. The second-order valence-electron chi connectivity index (χ2n) is 21.5. The summed E-state index contributed by atoms with van der Waals surface area (Å²) in [5, 5.41) is 32.5. The molecule has 0 aromatic heterocycles. The van der Waals surface area contributed by atoms with E-state index in [2.05, 4.69) is 13.8 Å². The van der Waals surface area contributed by atoms with Gasteiger partial charge < -0.3 is 76.9 Å². The van der Waals surface area contributed by atoms with Gasteiger partial charge >= 0.3 is 0 Å². The van der Waals surface area contributed by atoms with Gasteiger partial charge in [-0.3, -0.25) is 4.79 Å². The maximum absolute atomic E-state index is 13.5. The van der Waals surface area contributed by atoms with Gasteiger partial charge in [0.1, 0.15) is 30.5 Å². The van der Waals surface area contributed by atoms with E-state index in [1.807, 2.05) is 27.7 Å². The van der Waals surface area contributed by atoms with Crippen LogP contribution in [0, 0.1) is 28.6 Å². The zero-order valence-corrected chi connectivity index (χ0v) is 40.1. The van der Waals surface area contributed by atoms with E-state index in [9.17, 15) is 20.1 Å². The summed E-state index contributed by atoms with van der Waals surface area (Å²) in [4.78, 5) is 13.5. The molecule has 17 nitrogen and oxygen atoms in total. The maximum Gasteiger partial charge on any atom is 0.172 e. The van der Waals surface area contributed by atoms with Gasteiger partial charge in [-0.2, -0.15) is 0 Å². The van der Waals surface area contributed by atoms with Gasteiger partial charge in [0, 0.05) is 65.3 Å². The van der Waals surface area contributed by atoms with Crippen LogP contribution in [0.2, 0.25) is 0 Å². The van der Waals surface area contributed by atoms with Gasteiger partial charge in [0.25, 0.3) is 0 Å². The lowest BCUT2D eigenvalue weighted by atomic mass is 9.52. The normalized spacial score (nSPS) is 55.8. The molecule has 3 unspecified atom stereocenters. The van der Waals surface area contributed by atoms with Crippen LogP contribution in [0.25, 0.3) is 0 Å². The van der Waals surface area contributed by atoms with E-state index in [4.69, 9.17) is 61.6 Å². The summed E-state index contributed by atoms with van der Waals surface area (Å²) in [5.41, 5.74) is -0.779. The van der Waals surface area contributed by atoms with E-state index in [1.54, 1.807) is 28.3 Å². The molecular formula is C48H78O17.